The third-order valence-corrected chi connectivity index (χ3v) is 5.29. The summed E-state index contributed by atoms with van der Waals surface area (Å²) in [4.78, 5) is 37.7. The number of hydrogen-bond acceptors (Lipinski definition) is 6. The number of amides is 3. The van der Waals surface area contributed by atoms with Crippen LogP contribution in [0.2, 0.25) is 5.02 Å². The lowest BCUT2D eigenvalue weighted by atomic mass is 10.1. The van der Waals surface area contributed by atoms with Crippen molar-refractivity contribution in [3.8, 4) is 0 Å². The molecular formula is C19H22ClN3O4S. The predicted molar refractivity (Wildman–Crippen MR) is 111 cm³/mol. The topological polar surface area (TPSA) is 87.7 Å². The highest BCUT2D eigenvalue weighted by Crippen LogP contribution is 2.36. The Bertz CT molecular complexity index is 850. The maximum atomic E-state index is 12.0. The summed E-state index contributed by atoms with van der Waals surface area (Å²) in [6.07, 6.45) is 1.97. The number of hydrogen-bond donors (Lipinski definition) is 2. The van der Waals surface area contributed by atoms with Crippen LogP contribution in [0.5, 0.6) is 0 Å². The third-order valence-electron chi connectivity index (χ3n) is 4.17. The molecule has 0 unspecified atom stereocenters. The summed E-state index contributed by atoms with van der Waals surface area (Å²) in [5, 5.41) is 5.29. The van der Waals surface area contributed by atoms with E-state index in [-0.39, 0.29) is 11.3 Å². The van der Waals surface area contributed by atoms with Gasteiger partial charge in [-0.1, -0.05) is 23.7 Å². The van der Waals surface area contributed by atoms with E-state index < -0.39 is 17.6 Å². The van der Waals surface area contributed by atoms with Crippen molar-refractivity contribution in [2.75, 3.05) is 18.0 Å². The van der Waals surface area contributed by atoms with Gasteiger partial charge in [0.25, 0.3) is 11.1 Å². The molecular weight excluding hydrogens is 402 g/mol. The predicted octanol–water partition coefficient (Wildman–Crippen LogP) is 3.77. The van der Waals surface area contributed by atoms with Crippen molar-refractivity contribution in [3.63, 3.8) is 0 Å². The monoisotopic (exact) mass is 423 g/mol. The summed E-state index contributed by atoms with van der Waals surface area (Å²) in [7, 11) is 0. The number of ether oxygens (including phenoxy) is 1. The molecule has 0 saturated carbocycles. The number of thioether (sulfide) groups is 1. The van der Waals surface area contributed by atoms with E-state index in [0.717, 1.165) is 29.4 Å². The van der Waals surface area contributed by atoms with E-state index >= 15 is 0 Å². The number of halogens is 1. The Morgan fingerprint density at radius 1 is 1.39 bits per heavy atom. The van der Waals surface area contributed by atoms with Crippen LogP contribution in [0.1, 0.15) is 32.8 Å². The molecule has 2 saturated heterocycles. The van der Waals surface area contributed by atoms with Crippen molar-refractivity contribution in [1.82, 2.24) is 10.6 Å². The SMILES string of the molecule is CC(C)(C)OC(=O)N[C@H]1CCN(c2c(Cl)cccc2C=C2SC(=O)NC2=O)C1. The highest BCUT2D eigenvalue weighted by Gasteiger charge is 2.30. The maximum absolute atomic E-state index is 12.0. The van der Waals surface area contributed by atoms with E-state index in [0.29, 0.717) is 23.0 Å². The van der Waals surface area contributed by atoms with E-state index in [1.807, 2.05) is 26.8 Å². The molecule has 2 N–H and O–H groups in total. The number of para-hydroxylation sites is 1. The van der Waals surface area contributed by atoms with E-state index in [1.165, 1.54) is 0 Å². The fourth-order valence-electron chi connectivity index (χ4n) is 3.10. The lowest BCUT2D eigenvalue weighted by Crippen LogP contribution is -2.40. The van der Waals surface area contributed by atoms with Crippen LogP contribution in [0, 0.1) is 0 Å². The second-order valence-corrected chi connectivity index (χ2v) is 9.03. The van der Waals surface area contributed by atoms with Gasteiger partial charge in [-0.3, -0.25) is 14.9 Å². The van der Waals surface area contributed by atoms with E-state index in [4.69, 9.17) is 16.3 Å². The first-order chi connectivity index (χ1) is 13.1. The minimum Gasteiger partial charge on any atom is -0.444 e. The van der Waals surface area contributed by atoms with Crippen LogP contribution in [-0.4, -0.2) is 42.0 Å². The van der Waals surface area contributed by atoms with Crippen molar-refractivity contribution in [2.24, 2.45) is 0 Å². The first kappa shape index (κ1) is 20.5. The smallest absolute Gasteiger partial charge is 0.407 e. The zero-order valence-corrected chi connectivity index (χ0v) is 17.4. The summed E-state index contributed by atoms with van der Waals surface area (Å²) in [5.74, 6) is -0.410. The molecule has 28 heavy (non-hydrogen) atoms. The molecule has 0 radical (unpaired) electrons. The van der Waals surface area contributed by atoms with Gasteiger partial charge < -0.3 is 15.0 Å². The number of carbonyl (C=O) groups excluding carboxylic acids is 3. The van der Waals surface area contributed by atoms with Gasteiger partial charge in [-0.15, -0.1) is 0 Å². The molecule has 3 rings (SSSR count). The number of nitrogens with one attached hydrogen (secondary N) is 2. The van der Waals surface area contributed by atoms with Crippen molar-refractivity contribution in [1.29, 1.82) is 0 Å². The van der Waals surface area contributed by atoms with Crippen molar-refractivity contribution >= 4 is 52.4 Å². The fraction of sp³-hybridized carbons (Fsp3) is 0.421. The molecule has 9 heteroatoms. The lowest BCUT2D eigenvalue weighted by Gasteiger charge is -2.24. The standard InChI is InChI=1S/C19H22ClN3O4S/c1-19(2,3)27-17(25)21-12-7-8-23(10-12)15-11(5-4-6-13(15)20)9-14-16(24)22-18(26)28-14/h4-6,9,12H,7-8,10H2,1-3H3,(H,21,25)(H,22,24,26)/t12-/m0/s1. The van der Waals surface area contributed by atoms with E-state index in [1.54, 1.807) is 18.2 Å². The Kier molecular flexibility index (Phi) is 5.90. The Labute approximate surface area is 172 Å². The summed E-state index contributed by atoms with van der Waals surface area (Å²) in [6, 6.07) is 5.35. The van der Waals surface area contributed by atoms with Gasteiger partial charge in [-0.25, -0.2) is 4.79 Å². The molecule has 3 amide bonds. The molecule has 2 fully saturated rings. The Balaban J connectivity index is 1.76. The molecule has 1 aromatic carbocycles. The molecule has 0 spiro atoms. The Morgan fingerprint density at radius 3 is 2.79 bits per heavy atom. The van der Waals surface area contributed by atoms with E-state index in [9.17, 15) is 14.4 Å². The summed E-state index contributed by atoms with van der Waals surface area (Å²) in [6.45, 7) is 6.72. The summed E-state index contributed by atoms with van der Waals surface area (Å²) < 4.78 is 5.32. The summed E-state index contributed by atoms with van der Waals surface area (Å²) >= 11 is 7.31. The van der Waals surface area contributed by atoms with Crippen molar-refractivity contribution in [2.45, 2.75) is 38.8 Å². The fourth-order valence-corrected chi connectivity index (χ4v) is 4.07. The molecule has 150 valence electrons. The second-order valence-electron chi connectivity index (χ2n) is 7.61. The van der Waals surface area contributed by atoms with Gasteiger partial charge in [-0.2, -0.15) is 0 Å². The highest BCUT2D eigenvalue weighted by atomic mass is 35.5. The average molecular weight is 424 g/mol. The number of anilines is 1. The molecule has 1 aromatic rings. The molecule has 7 nitrogen and oxygen atoms in total. The second kappa shape index (κ2) is 8.05. The maximum Gasteiger partial charge on any atom is 0.407 e. The van der Waals surface area contributed by atoms with Crippen LogP contribution in [0.4, 0.5) is 15.3 Å². The van der Waals surface area contributed by atoms with Crippen LogP contribution in [0.25, 0.3) is 6.08 Å². The molecule has 0 bridgehead atoms. The van der Waals surface area contributed by atoms with Crippen LogP contribution >= 0.6 is 23.4 Å². The van der Waals surface area contributed by atoms with Gasteiger partial charge >= 0.3 is 6.09 Å². The number of carbonyl (C=O) groups is 3. The number of benzene rings is 1. The zero-order valence-electron chi connectivity index (χ0n) is 15.9. The van der Waals surface area contributed by atoms with Crippen molar-refractivity contribution < 1.29 is 19.1 Å². The minimum absolute atomic E-state index is 0.0719. The molecule has 2 heterocycles. The van der Waals surface area contributed by atoms with Gasteiger partial charge in [0, 0.05) is 18.7 Å². The highest BCUT2D eigenvalue weighted by molar-refractivity contribution is 8.18. The lowest BCUT2D eigenvalue weighted by molar-refractivity contribution is -0.115. The Hall–Kier alpha value is -2.19. The molecule has 0 aliphatic carbocycles. The van der Waals surface area contributed by atoms with Crippen molar-refractivity contribution in [3.05, 3.63) is 33.7 Å². The molecule has 1 atom stereocenters. The van der Waals surface area contributed by atoms with Gasteiger partial charge in [0.2, 0.25) is 0 Å². The largest absolute Gasteiger partial charge is 0.444 e. The van der Waals surface area contributed by atoms with Gasteiger partial charge in [-0.05, 0) is 51.1 Å². The van der Waals surface area contributed by atoms with Crippen LogP contribution in [0.3, 0.4) is 0 Å². The quantitative estimate of drug-likeness (QED) is 0.719. The van der Waals surface area contributed by atoms with Crippen LogP contribution in [0.15, 0.2) is 23.1 Å². The molecule has 2 aliphatic rings. The van der Waals surface area contributed by atoms with Gasteiger partial charge in [0.15, 0.2) is 0 Å². The Morgan fingerprint density at radius 2 is 2.14 bits per heavy atom. The number of rotatable bonds is 3. The molecule has 2 aliphatic heterocycles. The first-order valence-corrected chi connectivity index (χ1v) is 10.1. The van der Waals surface area contributed by atoms with Crippen LogP contribution in [-0.2, 0) is 9.53 Å². The van der Waals surface area contributed by atoms with Gasteiger partial charge in [0.05, 0.1) is 21.7 Å². The van der Waals surface area contributed by atoms with E-state index in [2.05, 4.69) is 15.5 Å². The number of imide groups is 1. The normalized spacial score (nSPS) is 21.2. The number of nitrogens with zero attached hydrogens (tertiary/aromatic N) is 1. The third kappa shape index (κ3) is 4.99. The molecule has 0 aromatic heterocycles. The van der Waals surface area contributed by atoms with Crippen LogP contribution < -0.4 is 15.5 Å². The first-order valence-electron chi connectivity index (χ1n) is 8.90. The summed E-state index contributed by atoms with van der Waals surface area (Å²) in [5.41, 5.74) is 0.970. The average Bonchev–Trinajstić information content (AvgIpc) is 3.12. The van der Waals surface area contributed by atoms with Gasteiger partial charge in [0.1, 0.15) is 5.60 Å². The minimum atomic E-state index is -0.554. The zero-order chi connectivity index (χ0) is 20.5. The number of alkyl carbamates (subject to hydrolysis) is 1.